The normalized spacial score (nSPS) is 17.1. The molecule has 0 spiro atoms. The summed E-state index contributed by atoms with van der Waals surface area (Å²) in [6, 6.07) is 7.66. The number of rotatable bonds is 11. The maximum atomic E-state index is 13.3. The average molecular weight is 534 g/mol. The summed E-state index contributed by atoms with van der Waals surface area (Å²) in [5.41, 5.74) is 2.28. The van der Waals surface area contributed by atoms with Crippen molar-refractivity contribution in [2.24, 2.45) is 5.92 Å². The van der Waals surface area contributed by atoms with Crippen molar-refractivity contribution in [2.75, 3.05) is 31.7 Å². The number of aliphatic hydroxyl groups is 1. The summed E-state index contributed by atoms with van der Waals surface area (Å²) in [5.74, 6) is 0.325. The monoisotopic (exact) mass is 533 g/mol. The van der Waals surface area contributed by atoms with E-state index in [9.17, 15) is 9.59 Å². The molecule has 0 saturated heterocycles. The fourth-order valence-electron chi connectivity index (χ4n) is 4.78. The van der Waals surface area contributed by atoms with Gasteiger partial charge in [0.1, 0.15) is 17.5 Å². The van der Waals surface area contributed by atoms with Crippen molar-refractivity contribution in [3.8, 4) is 11.9 Å². The molecule has 11 nitrogen and oxygen atoms in total. The number of anilines is 1. The lowest BCUT2D eigenvalue weighted by molar-refractivity contribution is -0.126. The van der Waals surface area contributed by atoms with E-state index in [-0.39, 0.29) is 43.0 Å². The molecule has 1 aliphatic rings. The number of nitriles is 1. The van der Waals surface area contributed by atoms with Gasteiger partial charge in [-0.25, -0.2) is 9.97 Å². The molecule has 1 aliphatic carbocycles. The quantitative estimate of drug-likeness (QED) is 0.274. The number of hydrogen-bond donors (Lipinski definition) is 4. The highest BCUT2D eigenvalue weighted by molar-refractivity contribution is 6.00. The Labute approximate surface area is 227 Å². The van der Waals surface area contributed by atoms with E-state index in [1.54, 1.807) is 12.3 Å². The molecule has 3 aromatic heterocycles. The Kier molecular flexibility index (Phi) is 9.46. The largest absolute Gasteiger partial charge is 0.394 e. The number of fused-ring (bicyclic) bond motifs is 1. The maximum absolute atomic E-state index is 13.3. The van der Waals surface area contributed by atoms with Crippen LogP contribution in [0, 0.1) is 17.2 Å². The van der Waals surface area contributed by atoms with Gasteiger partial charge in [0, 0.05) is 54.6 Å². The van der Waals surface area contributed by atoms with E-state index in [4.69, 9.17) is 15.1 Å². The van der Waals surface area contributed by atoms with Gasteiger partial charge < -0.3 is 25.8 Å². The number of amides is 2. The van der Waals surface area contributed by atoms with Gasteiger partial charge in [-0.3, -0.25) is 14.2 Å². The first-order valence-corrected chi connectivity index (χ1v) is 13.3. The Hall–Kier alpha value is -4.01. The highest BCUT2D eigenvalue weighted by Gasteiger charge is 2.28. The first kappa shape index (κ1) is 28.0. The molecular weight excluding hydrogens is 498 g/mol. The third kappa shape index (κ3) is 7.10. The Bertz CT molecular complexity index is 1340. The molecule has 0 radical (unpaired) electrons. The molecule has 4 rings (SSSR count). The van der Waals surface area contributed by atoms with E-state index in [2.05, 4.69) is 32.0 Å². The predicted molar refractivity (Wildman–Crippen MR) is 146 cm³/mol. The lowest BCUT2D eigenvalue weighted by Gasteiger charge is -2.28. The zero-order valence-electron chi connectivity index (χ0n) is 22.3. The molecule has 1 fully saturated rings. The summed E-state index contributed by atoms with van der Waals surface area (Å²) in [7, 11) is 0. The summed E-state index contributed by atoms with van der Waals surface area (Å²) >= 11 is 0. The molecular formula is C28H35N7O4. The van der Waals surface area contributed by atoms with Crippen LogP contribution in [-0.4, -0.2) is 69.9 Å². The Morgan fingerprint density at radius 1 is 1.18 bits per heavy atom. The van der Waals surface area contributed by atoms with Crippen LogP contribution in [0.3, 0.4) is 0 Å². The summed E-state index contributed by atoms with van der Waals surface area (Å²) in [5, 5.41) is 28.1. The molecule has 0 aliphatic heterocycles. The molecule has 0 aromatic carbocycles. The molecule has 39 heavy (non-hydrogen) atoms. The van der Waals surface area contributed by atoms with E-state index in [1.807, 2.05) is 36.7 Å². The second-order valence-electron chi connectivity index (χ2n) is 9.97. The molecule has 2 amide bonds. The standard InChI is InChI=1S/C28H35N7O4/c1-18(2)33-24-14-25(35-9-7-21-13-19(15-29)16-32-26(21)35)31-17-23(24)28(38)34-22-5-3-20(4-6-22)27(37)30-8-11-39-12-10-36/h7,9,13-14,16-18,20,22,36H,3-6,8,10-12H2,1-2H3,(H,30,37)(H,31,33)(H,34,38). The summed E-state index contributed by atoms with van der Waals surface area (Å²) in [4.78, 5) is 34.7. The van der Waals surface area contributed by atoms with Gasteiger partial charge in [0.25, 0.3) is 5.91 Å². The second kappa shape index (κ2) is 13.2. The fourth-order valence-corrected chi connectivity index (χ4v) is 4.78. The number of ether oxygens (including phenoxy) is 1. The van der Waals surface area contributed by atoms with Gasteiger partial charge >= 0.3 is 0 Å². The number of nitrogens with one attached hydrogen (secondary N) is 3. The number of carbonyl (C=O) groups excluding carboxylic acids is 2. The van der Waals surface area contributed by atoms with Crippen LogP contribution in [0.4, 0.5) is 5.69 Å². The van der Waals surface area contributed by atoms with E-state index in [1.165, 1.54) is 6.20 Å². The van der Waals surface area contributed by atoms with Gasteiger partial charge in [-0.15, -0.1) is 0 Å². The number of aromatic nitrogens is 3. The van der Waals surface area contributed by atoms with Crippen molar-refractivity contribution in [1.29, 1.82) is 5.26 Å². The Balaban J connectivity index is 1.40. The minimum Gasteiger partial charge on any atom is -0.394 e. The van der Waals surface area contributed by atoms with Gasteiger partial charge in [-0.05, 0) is 51.7 Å². The van der Waals surface area contributed by atoms with Crippen LogP contribution in [0.2, 0.25) is 0 Å². The van der Waals surface area contributed by atoms with Crippen LogP contribution in [0.5, 0.6) is 0 Å². The van der Waals surface area contributed by atoms with Gasteiger partial charge in [-0.1, -0.05) is 0 Å². The van der Waals surface area contributed by atoms with Crippen molar-refractivity contribution < 1.29 is 19.4 Å². The van der Waals surface area contributed by atoms with E-state index in [0.29, 0.717) is 54.3 Å². The molecule has 0 bridgehead atoms. The second-order valence-corrected chi connectivity index (χ2v) is 9.97. The zero-order valence-corrected chi connectivity index (χ0v) is 22.3. The smallest absolute Gasteiger partial charge is 0.255 e. The van der Waals surface area contributed by atoms with Crippen molar-refractivity contribution in [3.63, 3.8) is 0 Å². The van der Waals surface area contributed by atoms with Crippen molar-refractivity contribution in [3.05, 3.63) is 47.9 Å². The molecule has 4 N–H and O–H groups in total. The van der Waals surface area contributed by atoms with Crippen LogP contribution in [0.15, 0.2) is 36.8 Å². The first-order chi connectivity index (χ1) is 18.9. The van der Waals surface area contributed by atoms with Crippen molar-refractivity contribution >= 4 is 28.5 Å². The van der Waals surface area contributed by atoms with Crippen LogP contribution < -0.4 is 16.0 Å². The first-order valence-electron chi connectivity index (χ1n) is 13.3. The summed E-state index contributed by atoms with van der Waals surface area (Å²) < 4.78 is 7.00. The Morgan fingerprint density at radius 3 is 2.69 bits per heavy atom. The maximum Gasteiger partial charge on any atom is 0.255 e. The molecule has 0 unspecified atom stereocenters. The molecule has 3 heterocycles. The third-order valence-corrected chi connectivity index (χ3v) is 6.70. The lowest BCUT2D eigenvalue weighted by Crippen LogP contribution is -2.41. The summed E-state index contributed by atoms with van der Waals surface area (Å²) in [6.07, 6.45) is 7.77. The average Bonchev–Trinajstić information content (AvgIpc) is 3.36. The number of carbonyl (C=O) groups is 2. The van der Waals surface area contributed by atoms with Gasteiger partial charge in [0.15, 0.2) is 0 Å². The summed E-state index contributed by atoms with van der Waals surface area (Å²) in [6.45, 7) is 5.02. The van der Waals surface area contributed by atoms with Crippen LogP contribution in [-0.2, 0) is 9.53 Å². The molecule has 1 saturated carbocycles. The lowest BCUT2D eigenvalue weighted by atomic mass is 9.85. The topological polar surface area (TPSA) is 154 Å². The highest BCUT2D eigenvalue weighted by Crippen LogP contribution is 2.27. The van der Waals surface area contributed by atoms with Crippen LogP contribution >= 0.6 is 0 Å². The number of aliphatic hydroxyl groups excluding tert-OH is 1. The minimum absolute atomic E-state index is 0.00598. The van der Waals surface area contributed by atoms with Gasteiger partial charge in [0.05, 0.1) is 36.6 Å². The van der Waals surface area contributed by atoms with Crippen LogP contribution in [0.1, 0.15) is 55.5 Å². The molecule has 206 valence electrons. The number of pyridine rings is 2. The third-order valence-electron chi connectivity index (χ3n) is 6.70. The highest BCUT2D eigenvalue weighted by atomic mass is 16.5. The zero-order chi connectivity index (χ0) is 27.8. The van der Waals surface area contributed by atoms with Crippen LogP contribution in [0.25, 0.3) is 16.9 Å². The van der Waals surface area contributed by atoms with E-state index in [0.717, 1.165) is 18.2 Å². The SMILES string of the molecule is CC(C)Nc1cc(-n2ccc3cc(C#N)cnc32)ncc1C(=O)NC1CCC(C(=O)NCCOCCO)CC1. The van der Waals surface area contributed by atoms with Gasteiger partial charge in [0.2, 0.25) is 5.91 Å². The number of nitrogens with zero attached hydrogens (tertiary/aromatic N) is 4. The number of hydrogen-bond acceptors (Lipinski definition) is 8. The van der Waals surface area contributed by atoms with E-state index < -0.39 is 0 Å². The fraction of sp³-hybridized carbons (Fsp3) is 0.464. The Morgan fingerprint density at radius 2 is 1.97 bits per heavy atom. The molecule has 0 atom stereocenters. The van der Waals surface area contributed by atoms with Crippen molar-refractivity contribution in [2.45, 2.75) is 51.6 Å². The van der Waals surface area contributed by atoms with E-state index >= 15 is 0 Å². The van der Waals surface area contributed by atoms with Gasteiger partial charge in [-0.2, -0.15) is 5.26 Å². The van der Waals surface area contributed by atoms with Crippen molar-refractivity contribution in [1.82, 2.24) is 25.2 Å². The predicted octanol–water partition coefficient (Wildman–Crippen LogP) is 2.53. The molecule has 11 heteroatoms. The minimum atomic E-state index is -0.208. The molecule has 3 aromatic rings.